The van der Waals surface area contributed by atoms with Crippen LogP contribution in [0.25, 0.3) is 11.4 Å². The summed E-state index contributed by atoms with van der Waals surface area (Å²) in [6.07, 6.45) is 2.75. The Morgan fingerprint density at radius 2 is 1.85 bits per heavy atom. The van der Waals surface area contributed by atoms with E-state index >= 15 is 0 Å². The molecular weight excluding hydrogens is 418 g/mol. The largest absolute Gasteiger partial charge is 0.490 e. The van der Waals surface area contributed by atoms with Gasteiger partial charge in [0, 0.05) is 18.5 Å². The van der Waals surface area contributed by atoms with Gasteiger partial charge in [0.15, 0.2) is 11.5 Å². The molecule has 33 heavy (non-hydrogen) atoms. The molecule has 0 bridgehead atoms. The second kappa shape index (κ2) is 9.21. The zero-order valence-corrected chi connectivity index (χ0v) is 19.1. The van der Waals surface area contributed by atoms with Crippen molar-refractivity contribution >= 4 is 5.91 Å². The van der Waals surface area contributed by atoms with E-state index in [1.807, 2.05) is 35.2 Å². The van der Waals surface area contributed by atoms with Gasteiger partial charge in [-0.2, -0.15) is 4.80 Å². The Labute approximate surface area is 193 Å². The minimum absolute atomic E-state index is 0.0104. The van der Waals surface area contributed by atoms with Crippen LogP contribution in [0, 0.1) is 0 Å². The summed E-state index contributed by atoms with van der Waals surface area (Å²) in [5.41, 5.74) is 3.23. The number of nitrogens with zero attached hydrogens (tertiary/aromatic N) is 5. The van der Waals surface area contributed by atoms with E-state index in [9.17, 15) is 4.79 Å². The number of carbonyl (C=O) groups is 1. The van der Waals surface area contributed by atoms with Crippen molar-refractivity contribution in [3.05, 3.63) is 53.6 Å². The van der Waals surface area contributed by atoms with Gasteiger partial charge in [-0.1, -0.05) is 44.2 Å². The van der Waals surface area contributed by atoms with Crippen molar-refractivity contribution in [2.75, 3.05) is 19.8 Å². The monoisotopic (exact) mass is 447 g/mol. The van der Waals surface area contributed by atoms with Crippen LogP contribution >= 0.6 is 0 Å². The Kier molecular flexibility index (Phi) is 5.98. The lowest BCUT2D eigenvalue weighted by Crippen LogP contribution is -2.34. The van der Waals surface area contributed by atoms with Crippen molar-refractivity contribution < 1.29 is 14.3 Å². The number of amides is 1. The van der Waals surface area contributed by atoms with Crippen molar-refractivity contribution in [1.29, 1.82) is 0 Å². The van der Waals surface area contributed by atoms with Crippen LogP contribution in [0.15, 0.2) is 42.5 Å². The predicted molar refractivity (Wildman–Crippen MR) is 123 cm³/mol. The molecule has 1 fully saturated rings. The molecule has 8 heteroatoms. The average Bonchev–Trinajstić information content (AvgIpc) is 3.44. The molecule has 0 unspecified atom stereocenters. The minimum atomic E-state index is -0.0104. The Hall–Kier alpha value is -3.42. The number of aromatic nitrogens is 4. The summed E-state index contributed by atoms with van der Waals surface area (Å²) in [6.45, 7) is 6.41. The van der Waals surface area contributed by atoms with Crippen molar-refractivity contribution in [3.8, 4) is 22.9 Å². The van der Waals surface area contributed by atoms with Gasteiger partial charge in [0.25, 0.3) is 0 Å². The molecule has 0 radical (unpaired) electrons. The molecule has 0 saturated carbocycles. The molecule has 2 aliphatic heterocycles. The van der Waals surface area contributed by atoms with E-state index in [2.05, 4.69) is 41.4 Å². The molecule has 0 aliphatic carbocycles. The van der Waals surface area contributed by atoms with E-state index in [0.717, 1.165) is 48.4 Å². The molecule has 5 rings (SSSR count). The third-order valence-corrected chi connectivity index (χ3v) is 6.29. The fraction of sp³-hybridized carbons (Fsp3) is 0.440. The van der Waals surface area contributed by atoms with Crippen LogP contribution in [0.2, 0.25) is 0 Å². The topological polar surface area (TPSA) is 82.4 Å². The highest BCUT2D eigenvalue weighted by atomic mass is 16.5. The summed E-state index contributed by atoms with van der Waals surface area (Å²) in [5.74, 6) is 2.51. The van der Waals surface area contributed by atoms with Crippen LogP contribution in [0.3, 0.4) is 0 Å². The van der Waals surface area contributed by atoms with Crippen LogP contribution < -0.4 is 9.47 Å². The zero-order valence-electron chi connectivity index (χ0n) is 19.1. The molecular formula is C25H29N5O3. The first-order valence-corrected chi connectivity index (χ1v) is 11.7. The van der Waals surface area contributed by atoms with Crippen LogP contribution in [-0.4, -0.2) is 50.8 Å². The molecule has 1 aromatic heterocycles. The van der Waals surface area contributed by atoms with Gasteiger partial charge in [0.05, 0.1) is 19.3 Å². The van der Waals surface area contributed by atoms with Crippen LogP contribution in [0.5, 0.6) is 11.5 Å². The molecule has 2 aromatic carbocycles. The number of tetrazole rings is 1. The molecule has 3 heterocycles. The number of ether oxygens (including phenoxy) is 2. The second-order valence-electron chi connectivity index (χ2n) is 8.92. The number of rotatable bonds is 5. The number of carbonyl (C=O) groups excluding carboxylic acids is 1. The SMILES string of the molecule is CC(C)c1ccc(-c2nnn(CC(=O)N3CCC[C@@H]3c3ccc4c(c3)OCCCO4)n2)cc1. The lowest BCUT2D eigenvalue weighted by atomic mass is 10.0. The van der Waals surface area contributed by atoms with Gasteiger partial charge in [-0.3, -0.25) is 4.79 Å². The van der Waals surface area contributed by atoms with Crippen LogP contribution in [-0.2, 0) is 11.3 Å². The van der Waals surface area contributed by atoms with Crippen molar-refractivity contribution in [2.24, 2.45) is 0 Å². The summed E-state index contributed by atoms with van der Waals surface area (Å²) in [6, 6.07) is 14.2. The third-order valence-electron chi connectivity index (χ3n) is 6.29. The first-order chi connectivity index (χ1) is 16.1. The highest BCUT2D eigenvalue weighted by Crippen LogP contribution is 2.38. The van der Waals surface area contributed by atoms with Crippen LogP contribution in [0.1, 0.15) is 56.2 Å². The van der Waals surface area contributed by atoms with Crippen molar-refractivity contribution in [2.45, 2.75) is 51.6 Å². The maximum Gasteiger partial charge on any atom is 0.246 e. The normalized spacial score (nSPS) is 17.9. The first kappa shape index (κ1) is 21.4. The van der Waals surface area contributed by atoms with E-state index in [0.29, 0.717) is 25.0 Å². The Balaban J connectivity index is 1.28. The maximum atomic E-state index is 13.1. The molecule has 3 aromatic rings. The fourth-order valence-corrected chi connectivity index (χ4v) is 4.45. The van der Waals surface area contributed by atoms with Gasteiger partial charge < -0.3 is 14.4 Å². The molecule has 2 aliphatic rings. The molecule has 1 saturated heterocycles. The lowest BCUT2D eigenvalue weighted by molar-refractivity contribution is -0.133. The van der Waals surface area contributed by atoms with E-state index in [4.69, 9.17) is 9.47 Å². The molecule has 0 spiro atoms. The fourth-order valence-electron chi connectivity index (χ4n) is 4.45. The first-order valence-electron chi connectivity index (χ1n) is 11.7. The smallest absolute Gasteiger partial charge is 0.246 e. The third kappa shape index (κ3) is 4.55. The van der Waals surface area contributed by atoms with Gasteiger partial charge in [-0.25, -0.2) is 0 Å². The van der Waals surface area contributed by atoms with Gasteiger partial charge in [-0.15, -0.1) is 10.2 Å². The second-order valence-corrected chi connectivity index (χ2v) is 8.92. The van der Waals surface area contributed by atoms with E-state index in [1.165, 1.54) is 10.4 Å². The summed E-state index contributed by atoms with van der Waals surface area (Å²) >= 11 is 0. The van der Waals surface area contributed by atoms with Crippen molar-refractivity contribution in [3.63, 3.8) is 0 Å². The molecule has 0 N–H and O–H groups in total. The average molecular weight is 448 g/mol. The van der Waals surface area contributed by atoms with Crippen molar-refractivity contribution in [1.82, 2.24) is 25.1 Å². The van der Waals surface area contributed by atoms with E-state index < -0.39 is 0 Å². The summed E-state index contributed by atoms with van der Waals surface area (Å²) in [5, 5.41) is 12.7. The molecule has 1 amide bonds. The zero-order chi connectivity index (χ0) is 22.8. The maximum absolute atomic E-state index is 13.1. The van der Waals surface area contributed by atoms with Crippen LogP contribution in [0.4, 0.5) is 0 Å². The van der Waals surface area contributed by atoms with Gasteiger partial charge in [0.2, 0.25) is 11.7 Å². The summed E-state index contributed by atoms with van der Waals surface area (Å²) in [4.78, 5) is 16.5. The van der Waals surface area contributed by atoms with Gasteiger partial charge in [0.1, 0.15) is 6.54 Å². The number of hydrogen-bond acceptors (Lipinski definition) is 6. The van der Waals surface area contributed by atoms with E-state index in [-0.39, 0.29) is 18.5 Å². The predicted octanol–water partition coefficient (Wildman–Crippen LogP) is 3.99. The minimum Gasteiger partial charge on any atom is -0.490 e. The Morgan fingerprint density at radius 1 is 1.06 bits per heavy atom. The molecule has 172 valence electrons. The number of likely N-dealkylation sites (tertiary alicyclic amines) is 1. The van der Waals surface area contributed by atoms with E-state index in [1.54, 1.807) is 0 Å². The van der Waals surface area contributed by atoms with Gasteiger partial charge >= 0.3 is 0 Å². The number of benzene rings is 2. The quantitative estimate of drug-likeness (QED) is 0.588. The molecule has 1 atom stereocenters. The highest BCUT2D eigenvalue weighted by molar-refractivity contribution is 5.76. The number of fused-ring (bicyclic) bond motifs is 1. The summed E-state index contributed by atoms with van der Waals surface area (Å²) in [7, 11) is 0. The van der Waals surface area contributed by atoms with Gasteiger partial charge in [-0.05, 0) is 47.2 Å². The Bertz CT molecular complexity index is 1130. The Morgan fingerprint density at radius 3 is 2.64 bits per heavy atom. The molecule has 8 nitrogen and oxygen atoms in total. The highest BCUT2D eigenvalue weighted by Gasteiger charge is 2.31. The standard InChI is InChI=1S/C25H29N5O3/c1-17(2)18-6-8-19(9-7-18)25-26-28-30(27-25)16-24(31)29-12-3-5-21(29)20-10-11-22-23(15-20)33-14-4-13-32-22/h6-11,15,17,21H,3-5,12-14,16H2,1-2H3/t21-/m1/s1. The number of hydrogen-bond donors (Lipinski definition) is 0. The lowest BCUT2D eigenvalue weighted by Gasteiger charge is -2.25. The summed E-state index contributed by atoms with van der Waals surface area (Å²) < 4.78 is 11.6.